The van der Waals surface area contributed by atoms with Gasteiger partial charge in [0.1, 0.15) is 10.6 Å². The molecule has 0 spiro atoms. The van der Waals surface area contributed by atoms with E-state index in [0.29, 0.717) is 32.9 Å². The van der Waals surface area contributed by atoms with Crippen molar-refractivity contribution in [2.45, 2.75) is 19.8 Å². The van der Waals surface area contributed by atoms with Crippen LogP contribution in [0.1, 0.15) is 40.6 Å². The molecule has 0 aliphatic carbocycles. The highest BCUT2D eigenvalue weighted by Gasteiger charge is 2.20. The van der Waals surface area contributed by atoms with Gasteiger partial charge < -0.3 is 14.2 Å². The summed E-state index contributed by atoms with van der Waals surface area (Å²) in [5.41, 5.74) is 4.24. The number of esters is 1. The van der Waals surface area contributed by atoms with Crippen molar-refractivity contribution in [2.24, 2.45) is 5.10 Å². The Morgan fingerprint density at radius 2 is 1.81 bits per heavy atom. The van der Waals surface area contributed by atoms with Crippen LogP contribution in [0.5, 0.6) is 17.2 Å². The van der Waals surface area contributed by atoms with Gasteiger partial charge in [0, 0.05) is 10.1 Å². The van der Waals surface area contributed by atoms with Gasteiger partial charge >= 0.3 is 5.97 Å². The normalized spacial score (nSPS) is 11.2. The van der Waals surface area contributed by atoms with Crippen molar-refractivity contribution in [1.82, 2.24) is 5.43 Å². The summed E-state index contributed by atoms with van der Waals surface area (Å²) in [5.74, 6) is 0.619. The van der Waals surface area contributed by atoms with Crippen molar-refractivity contribution in [1.29, 1.82) is 0 Å². The van der Waals surface area contributed by atoms with Crippen LogP contribution in [0.2, 0.25) is 5.02 Å². The molecule has 37 heavy (non-hydrogen) atoms. The predicted molar refractivity (Wildman–Crippen MR) is 147 cm³/mol. The third kappa shape index (κ3) is 6.47. The third-order valence-electron chi connectivity index (χ3n) is 5.43. The number of thiophene rings is 1. The number of fused-ring (bicyclic) bond motifs is 1. The average molecular weight is 537 g/mol. The van der Waals surface area contributed by atoms with Crippen molar-refractivity contribution < 1.29 is 23.8 Å². The Balaban J connectivity index is 1.34. The lowest BCUT2D eigenvalue weighted by Gasteiger charge is -2.09. The van der Waals surface area contributed by atoms with Gasteiger partial charge in [-0.05, 0) is 53.4 Å². The quantitative estimate of drug-likeness (QED) is 0.115. The number of halogens is 1. The second-order valence-electron chi connectivity index (χ2n) is 8.35. The molecule has 0 aliphatic rings. The molecule has 1 aromatic heterocycles. The van der Waals surface area contributed by atoms with Gasteiger partial charge in [0.05, 0.1) is 18.3 Å². The molecule has 0 unspecified atom stereocenters. The fourth-order valence-electron chi connectivity index (χ4n) is 3.45. The Hall–Kier alpha value is -3.88. The highest BCUT2D eigenvalue weighted by molar-refractivity contribution is 7.21. The van der Waals surface area contributed by atoms with Crippen molar-refractivity contribution in [2.75, 3.05) is 13.7 Å². The number of hydrazone groups is 1. The Kier molecular flexibility index (Phi) is 8.43. The van der Waals surface area contributed by atoms with Crippen LogP contribution in [0.3, 0.4) is 0 Å². The Bertz CT molecular complexity index is 1450. The van der Waals surface area contributed by atoms with E-state index in [4.69, 9.17) is 25.8 Å². The van der Waals surface area contributed by atoms with E-state index in [1.165, 1.54) is 30.2 Å². The predicted octanol–water partition coefficient (Wildman–Crippen LogP) is 6.44. The van der Waals surface area contributed by atoms with Crippen molar-refractivity contribution in [3.8, 4) is 17.2 Å². The molecular weight excluding hydrogens is 512 g/mol. The van der Waals surface area contributed by atoms with E-state index in [0.717, 1.165) is 10.1 Å². The number of ether oxygens (including phenoxy) is 3. The zero-order valence-corrected chi connectivity index (χ0v) is 22.1. The first-order chi connectivity index (χ1) is 17.9. The van der Waals surface area contributed by atoms with Crippen LogP contribution >= 0.6 is 22.9 Å². The summed E-state index contributed by atoms with van der Waals surface area (Å²) in [6.45, 7) is 4.05. The molecule has 0 aliphatic heterocycles. The van der Waals surface area contributed by atoms with Crippen LogP contribution in [0.15, 0.2) is 71.8 Å². The molecule has 1 amide bonds. The summed E-state index contributed by atoms with van der Waals surface area (Å²) >= 11 is 7.66. The van der Waals surface area contributed by atoms with Crippen LogP contribution in [0.4, 0.5) is 0 Å². The average Bonchev–Trinajstić information content (AvgIpc) is 3.25. The van der Waals surface area contributed by atoms with Crippen molar-refractivity contribution in [3.05, 3.63) is 87.8 Å². The van der Waals surface area contributed by atoms with Crippen LogP contribution in [0, 0.1) is 0 Å². The number of amides is 1. The molecule has 0 radical (unpaired) electrons. The maximum absolute atomic E-state index is 12.8. The molecule has 0 fully saturated rings. The monoisotopic (exact) mass is 536 g/mol. The summed E-state index contributed by atoms with van der Waals surface area (Å²) < 4.78 is 17.3. The second kappa shape index (κ2) is 11.9. The molecule has 190 valence electrons. The Labute approximate surface area is 223 Å². The summed E-state index contributed by atoms with van der Waals surface area (Å²) in [4.78, 5) is 25.2. The van der Waals surface area contributed by atoms with E-state index in [1.807, 2.05) is 48.5 Å². The topological polar surface area (TPSA) is 86.2 Å². The largest absolute Gasteiger partial charge is 0.493 e. The highest BCUT2D eigenvalue weighted by atomic mass is 35.5. The van der Waals surface area contributed by atoms with Crippen molar-refractivity contribution in [3.63, 3.8) is 0 Å². The van der Waals surface area contributed by atoms with E-state index < -0.39 is 11.9 Å². The van der Waals surface area contributed by atoms with Crippen LogP contribution in [-0.4, -0.2) is 31.8 Å². The maximum atomic E-state index is 12.8. The third-order valence-corrected chi connectivity index (χ3v) is 7.09. The first kappa shape index (κ1) is 26.2. The minimum absolute atomic E-state index is 0.170. The summed E-state index contributed by atoms with van der Waals surface area (Å²) in [6.07, 6.45) is 1.45. The fourth-order valence-corrected chi connectivity index (χ4v) is 4.83. The van der Waals surface area contributed by atoms with Gasteiger partial charge in [-0.1, -0.05) is 55.8 Å². The van der Waals surface area contributed by atoms with E-state index in [-0.39, 0.29) is 12.4 Å². The van der Waals surface area contributed by atoms with Gasteiger partial charge in [0.25, 0.3) is 5.91 Å². The summed E-state index contributed by atoms with van der Waals surface area (Å²) in [7, 11) is 1.47. The second-order valence-corrected chi connectivity index (χ2v) is 9.78. The van der Waals surface area contributed by atoms with E-state index in [1.54, 1.807) is 18.2 Å². The first-order valence-electron chi connectivity index (χ1n) is 11.5. The minimum Gasteiger partial charge on any atom is -0.493 e. The molecule has 1 heterocycles. The van der Waals surface area contributed by atoms with Crippen LogP contribution in [-0.2, 0) is 4.79 Å². The van der Waals surface area contributed by atoms with E-state index in [9.17, 15) is 9.59 Å². The minimum atomic E-state index is -0.572. The SMILES string of the molecule is COc1cc(/C=N\NC(=O)COc2ccc(C(C)C)cc2)ccc1OC(=O)c1sc2ccccc2c1Cl. The maximum Gasteiger partial charge on any atom is 0.355 e. The molecule has 0 saturated carbocycles. The lowest BCUT2D eigenvalue weighted by Crippen LogP contribution is -2.24. The zero-order valence-electron chi connectivity index (χ0n) is 20.5. The summed E-state index contributed by atoms with van der Waals surface area (Å²) in [5, 5.41) is 5.12. The van der Waals surface area contributed by atoms with E-state index in [2.05, 4.69) is 24.4 Å². The highest BCUT2D eigenvalue weighted by Crippen LogP contribution is 2.37. The number of benzene rings is 3. The molecule has 0 saturated heterocycles. The lowest BCUT2D eigenvalue weighted by atomic mass is 10.0. The molecule has 4 rings (SSSR count). The number of nitrogens with one attached hydrogen (secondary N) is 1. The number of hydrogen-bond donors (Lipinski definition) is 1. The van der Waals surface area contributed by atoms with Gasteiger partial charge in [-0.25, -0.2) is 10.2 Å². The Morgan fingerprint density at radius 1 is 1.05 bits per heavy atom. The molecule has 9 heteroatoms. The van der Waals surface area contributed by atoms with Crippen LogP contribution < -0.4 is 19.6 Å². The van der Waals surface area contributed by atoms with Gasteiger partial charge in [0.2, 0.25) is 0 Å². The number of nitrogens with zero attached hydrogens (tertiary/aromatic N) is 1. The zero-order chi connectivity index (χ0) is 26.4. The molecule has 1 N–H and O–H groups in total. The number of carbonyl (C=O) groups excluding carboxylic acids is 2. The van der Waals surface area contributed by atoms with Gasteiger partial charge in [0.15, 0.2) is 18.1 Å². The lowest BCUT2D eigenvalue weighted by molar-refractivity contribution is -0.123. The van der Waals surface area contributed by atoms with E-state index >= 15 is 0 Å². The number of rotatable bonds is 9. The molecule has 0 bridgehead atoms. The molecule has 4 aromatic rings. The van der Waals surface area contributed by atoms with Gasteiger partial charge in [-0.15, -0.1) is 11.3 Å². The van der Waals surface area contributed by atoms with Crippen LogP contribution in [0.25, 0.3) is 10.1 Å². The van der Waals surface area contributed by atoms with Gasteiger partial charge in [-0.3, -0.25) is 4.79 Å². The molecular formula is C28H25ClN2O5S. The summed E-state index contributed by atoms with van der Waals surface area (Å²) in [6, 6.07) is 20.0. The van der Waals surface area contributed by atoms with Gasteiger partial charge in [-0.2, -0.15) is 5.10 Å². The Morgan fingerprint density at radius 3 is 2.51 bits per heavy atom. The molecule has 3 aromatic carbocycles. The number of carbonyl (C=O) groups is 2. The molecule has 0 atom stereocenters. The first-order valence-corrected chi connectivity index (χ1v) is 12.7. The number of hydrogen-bond acceptors (Lipinski definition) is 7. The molecule has 7 nitrogen and oxygen atoms in total. The smallest absolute Gasteiger partial charge is 0.355 e. The number of methoxy groups -OCH3 is 1. The fraction of sp³-hybridized carbons (Fsp3) is 0.179. The van der Waals surface area contributed by atoms with Crippen molar-refractivity contribution >= 4 is 51.1 Å². The standard InChI is InChI=1S/C28H25ClN2O5S/c1-17(2)19-9-11-20(12-10-19)35-16-25(32)31-30-15-18-8-13-22(23(14-18)34-3)36-28(33)27-26(29)21-6-4-5-7-24(21)37-27/h4-15,17H,16H2,1-3H3,(H,31,32)/b30-15-.